The maximum absolute atomic E-state index is 12.3. The first-order chi connectivity index (χ1) is 11.2. The minimum atomic E-state index is -3.27. The van der Waals surface area contributed by atoms with Crippen molar-refractivity contribution in [2.45, 2.75) is 18.7 Å². The quantitative estimate of drug-likeness (QED) is 0.775. The molecule has 0 aliphatic heterocycles. The van der Waals surface area contributed by atoms with E-state index < -0.39 is 9.84 Å². The van der Waals surface area contributed by atoms with E-state index in [0.717, 1.165) is 27.6 Å². The van der Waals surface area contributed by atoms with Crippen LogP contribution in [-0.2, 0) is 9.84 Å². The summed E-state index contributed by atoms with van der Waals surface area (Å²) in [6.45, 7) is 4.01. The smallest absolute Gasteiger partial charge is 0.257 e. The molecule has 0 atom stereocenters. The zero-order chi connectivity index (χ0) is 17.5. The first-order valence-corrected chi connectivity index (χ1v) is 9.94. The Bertz CT molecular complexity index is 1040. The molecule has 0 saturated heterocycles. The maximum Gasteiger partial charge on any atom is 0.257 e. The van der Waals surface area contributed by atoms with Gasteiger partial charge in [-0.1, -0.05) is 17.4 Å². The normalized spacial score (nSPS) is 11.6. The van der Waals surface area contributed by atoms with Crippen LogP contribution in [0.1, 0.15) is 21.5 Å². The molecule has 1 N–H and O–H groups in total. The molecule has 0 unspecified atom stereocenters. The third-order valence-electron chi connectivity index (χ3n) is 3.59. The molecule has 124 valence electrons. The van der Waals surface area contributed by atoms with Crippen LogP contribution >= 0.6 is 11.3 Å². The maximum atomic E-state index is 12.3. The molecule has 1 aromatic heterocycles. The molecule has 0 fully saturated rings. The molecule has 0 aliphatic carbocycles. The van der Waals surface area contributed by atoms with Crippen LogP contribution in [0.25, 0.3) is 10.2 Å². The van der Waals surface area contributed by atoms with E-state index in [2.05, 4.69) is 16.4 Å². The second-order valence-corrected chi connectivity index (χ2v) is 8.74. The van der Waals surface area contributed by atoms with Crippen molar-refractivity contribution < 1.29 is 13.2 Å². The lowest BCUT2D eigenvalue weighted by atomic mass is 10.1. The van der Waals surface area contributed by atoms with Crippen LogP contribution in [0.3, 0.4) is 0 Å². The van der Waals surface area contributed by atoms with E-state index in [4.69, 9.17) is 0 Å². The van der Waals surface area contributed by atoms with Crippen LogP contribution in [0.5, 0.6) is 0 Å². The van der Waals surface area contributed by atoms with E-state index in [9.17, 15) is 13.2 Å². The third-order valence-corrected chi connectivity index (χ3v) is 5.64. The van der Waals surface area contributed by atoms with Crippen molar-refractivity contribution in [3.63, 3.8) is 0 Å². The lowest BCUT2D eigenvalue weighted by Gasteiger charge is -2.03. The number of aryl methyl sites for hydroxylation is 2. The van der Waals surface area contributed by atoms with Crippen LogP contribution in [0.4, 0.5) is 5.13 Å². The van der Waals surface area contributed by atoms with Gasteiger partial charge in [0, 0.05) is 11.8 Å². The van der Waals surface area contributed by atoms with Gasteiger partial charge in [-0.25, -0.2) is 13.4 Å². The Morgan fingerprint density at radius 3 is 2.42 bits per heavy atom. The predicted molar refractivity (Wildman–Crippen MR) is 96.6 cm³/mol. The summed E-state index contributed by atoms with van der Waals surface area (Å²) in [5.41, 5.74) is 3.49. The van der Waals surface area contributed by atoms with Gasteiger partial charge >= 0.3 is 0 Å². The highest BCUT2D eigenvalue weighted by Gasteiger charge is 2.13. The molecule has 3 rings (SSSR count). The van der Waals surface area contributed by atoms with Gasteiger partial charge in [-0.05, 0) is 55.3 Å². The topological polar surface area (TPSA) is 76.1 Å². The highest BCUT2D eigenvalue weighted by atomic mass is 32.2. The number of hydrogen-bond acceptors (Lipinski definition) is 5. The van der Waals surface area contributed by atoms with Crippen LogP contribution in [0.2, 0.25) is 0 Å². The second-order valence-electron chi connectivity index (χ2n) is 5.70. The van der Waals surface area contributed by atoms with Crippen molar-refractivity contribution in [3.05, 3.63) is 53.1 Å². The second kappa shape index (κ2) is 5.99. The summed E-state index contributed by atoms with van der Waals surface area (Å²) >= 11 is 1.42. The summed E-state index contributed by atoms with van der Waals surface area (Å²) in [4.78, 5) is 17.0. The number of rotatable bonds is 3. The van der Waals surface area contributed by atoms with Gasteiger partial charge in [0.05, 0.1) is 15.1 Å². The molecule has 1 amide bonds. The van der Waals surface area contributed by atoms with Crippen molar-refractivity contribution in [3.8, 4) is 0 Å². The van der Waals surface area contributed by atoms with E-state index >= 15 is 0 Å². The van der Waals surface area contributed by atoms with E-state index in [1.165, 1.54) is 35.6 Å². The third kappa shape index (κ3) is 3.32. The molecular weight excluding hydrogens is 344 g/mol. The van der Waals surface area contributed by atoms with E-state index in [0.29, 0.717) is 10.7 Å². The Labute approximate surface area is 144 Å². The Kier molecular flexibility index (Phi) is 4.15. The first-order valence-electron chi connectivity index (χ1n) is 7.23. The highest BCUT2D eigenvalue weighted by molar-refractivity contribution is 7.90. The number of sulfone groups is 1. The number of aromatic nitrogens is 1. The van der Waals surface area contributed by atoms with Crippen molar-refractivity contribution in [2.75, 3.05) is 11.6 Å². The lowest BCUT2D eigenvalue weighted by Crippen LogP contribution is -2.11. The van der Waals surface area contributed by atoms with Gasteiger partial charge in [0.15, 0.2) is 15.0 Å². The molecular formula is C17H16N2O3S2. The van der Waals surface area contributed by atoms with Crippen molar-refractivity contribution in [1.82, 2.24) is 4.98 Å². The zero-order valence-corrected chi connectivity index (χ0v) is 15.1. The molecule has 2 aromatic carbocycles. The number of carbonyl (C=O) groups excluding carboxylic acids is 1. The van der Waals surface area contributed by atoms with Gasteiger partial charge in [0.2, 0.25) is 0 Å². The number of amides is 1. The zero-order valence-electron chi connectivity index (χ0n) is 13.5. The van der Waals surface area contributed by atoms with Crippen molar-refractivity contribution in [1.29, 1.82) is 0 Å². The Balaban J connectivity index is 1.86. The van der Waals surface area contributed by atoms with Gasteiger partial charge in [-0.3, -0.25) is 10.1 Å². The summed E-state index contributed by atoms with van der Waals surface area (Å²) in [6, 6.07) is 9.93. The van der Waals surface area contributed by atoms with E-state index in [1.807, 2.05) is 19.9 Å². The molecule has 24 heavy (non-hydrogen) atoms. The number of hydrogen-bond donors (Lipinski definition) is 1. The Morgan fingerprint density at radius 2 is 1.79 bits per heavy atom. The first kappa shape index (κ1) is 16.6. The summed E-state index contributed by atoms with van der Waals surface area (Å²) < 4.78 is 23.9. The number of anilines is 1. The van der Waals surface area contributed by atoms with Crippen LogP contribution in [0, 0.1) is 13.8 Å². The average Bonchev–Trinajstić information content (AvgIpc) is 2.89. The molecule has 1 heterocycles. The fraction of sp³-hybridized carbons (Fsp3) is 0.176. The number of thiazole rings is 1. The number of fused-ring (bicyclic) bond motifs is 1. The Morgan fingerprint density at radius 1 is 1.12 bits per heavy atom. The minimum absolute atomic E-state index is 0.185. The lowest BCUT2D eigenvalue weighted by molar-refractivity contribution is 0.102. The number of benzene rings is 2. The van der Waals surface area contributed by atoms with Gasteiger partial charge in [0.1, 0.15) is 0 Å². The summed E-state index contributed by atoms with van der Waals surface area (Å²) in [7, 11) is -3.27. The van der Waals surface area contributed by atoms with Crippen LogP contribution in [-0.4, -0.2) is 25.6 Å². The van der Waals surface area contributed by atoms with Gasteiger partial charge in [0.25, 0.3) is 5.91 Å². The van der Waals surface area contributed by atoms with Crippen molar-refractivity contribution in [2.24, 2.45) is 0 Å². The van der Waals surface area contributed by atoms with Crippen LogP contribution in [0.15, 0.2) is 41.3 Å². The standard InChI is InChI=1S/C17H16N2O3S2/c1-10-8-11(2)15-14(9-10)23-17(18-15)19-16(20)12-4-6-13(7-5-12)24(3,21)22/h4-9H,1-3H3,(H,18,19,20). The molecule has 0 radical (unpaired) electrons. The van der Waals surface area contributed by atoms with Crippen molar-refractivity contribution >= 4 is 42.4 Å². The molecule has 3 aromatic rings. The molecule has 7 heteroatoms. The van der Waals surface area contributed by atoms with E-state index in [-0.39, 0.29) is 10.8 Å². The minimum Gasteiger partial charge on any atom is -0.298 e. The summed E-state index contributed by atoms with van der Waals surface area (Å²) in [5.74, 6) is -0.316. The SMILES string of the molecule is Cc1cc(C)c2nc(NC(=O)c3ccc(S(C)(=O)=O)cc3)sc2c1. The fourth-order valence-corrected chi connectivity index (χ4v) is 4.11. The number of carbonyl (C=O) groups is 1. The number of nitrogens with zero attached hydrogens (tertiary/aromatic N) is 1. The fourth-order valence-electron chi connectivity index (χ4n) is 2.45. The van der Waals surface area contributed by atoms with Crippen LogP contribution < -0.4 is 5.32 Å². The van der Waals surface area contributed by atoms with Gasteiger partial charge in [-0.2, -0.15) is 0 Å². The Hall–Kier alpha value is -2.25. The molecule has 0 spiro atoms. The van der Waals surface area contributed by atoms with Gasteiger partial charge < -0.3 is 0 Å². The molecule has 0 aliphatic rings. The van der Waals surface area contributed by atoms with Gasteiger partial charge in [-0.15, -0.1) is 0 Å². The number of nitrogens with one attached hydrogen (secondary N) is 1. The highest BCUT2D eigenvalue weighted by Crippen LogP contribution is 2.29. The molecule has 0 saturated carbocycles. The molecule has 0 bridgehead atoms. The predicted octanol–water partition coefficient (Wildman–Crippen LogP) is 3.57. The largest absolute Gasteiger partial charge is 0.298 e. The monoisotopic (exact) mass is 360 g/mol. The summed E-state index contributed by atoms with van der Waals surface area (Å²) in [5, 5.41) is 3.30. The molecule has 5 nitrogen and oxygen atoms in total. The van der Waals surface area contributed by atoms with E-state index in [1.54, 1.807) is 0 Å². The average molecular weight is 360 g/mol. The summed E-state index contributed by atoms with van der Waals surface area (Å²) in [6.07, 6.45) is 1.13.